The summed E-state index contributed by atoms with van der Waals surface area (Å²) >= 11 is 0. The number of benzene rings is 1. The monoisotopic (exact) mass is 284 g/mol. The largest absolute Gasteiger partial charge is 0.462 e. The molecular weight excluding hydrogens is 268 g/mol. The number of nitrogens with two attached hydrogens (primary N) is 1. The van der Waals surface area contributed by atoms with Crippen LogP contribution in [-0.2, 0) is 4.74 Å². The van der Waals surface area contributed by atoms with Crippen molar-refractivity contribution in [3.05, 3.63) is 39.4 Å². The third-order valence-electron chi connectivity index (χ3n) is 2.66. The number of nitrogens with zero attached hydrogens (tertiary/aromatic N) is 1. The first-order valence-electron chi connectivity index (χ1n) is 5.94. The highest BCUT2D eigenvalue weighted by atomic mass is 16.6. The van der Waals surface area contributed by atoms with Crippen molar-refractivity contribution in [2.45, 2.75) is 19.1 Å². The molecule has 1 aromatic carbocycles. The normalized spacial score (nSPS) is 13.6. The van der Waals surface area contributed by atoms with Gasteiger partial charge in [-0.15, -0.1) is 0 Å². The van der Waals surface area contributed by atoms with Crippen LogP contribution in [0.3, 0.4) is 0 Å². The van der Waals surface area contributed by atoms with E-state index in [1.807, 2.05) is 0 Å². The van der Waals surface area contributed by atoms with Crippen LogP contribution in [0.25, 0.3) is 0 Å². The molecule has 4 N–H and O–H groups in total. The van der Waals surface area contributed by atoms with Crippen LogP contribution in [0.5, 0.6) is 0 Å². The fraction of sp³-hybridized carbons (Fsp3) is 0.417. The lowest BCUT2D eigenvalue weighted by Gasteiger charge is -2.16. The van der Waals surface area contributed by atoms with Crippen molar-refractivity contribution in [2.24, 2.45) is 5.73 Å². The SMILES string of the molecule is CCOC(=O)c1ccc(C(O)C(O)CN)c([N+](=O)[O-])c1. The van der Waals surface area contributed by atoms with Crippen LogP contribution in [0.1, 0.15) is 28.9 Å². The Labute approximate surface area is 114 Å². The molecule has 8 heteroatoms. The zero-order valence-electron chi connectivity index (χ0n) is 10.9. The summed E-state index contributed by atoms with van der Waals surface area (Å²) in [6, 6.07) is 3.49. The third kappa shape index (κ3) is 3.50. The molecule has 2 unspecified atom stereocenters. The van der Waals surface area contributed by atoms with Gasteiger partial charge in [-0.1, -0.05) is 0 Å². The van der Waals surface area contributed by atoms with Gasteiger partial charge in [-0.25, -0.2) is 4.79 Å². The number of nitro benzene ring substituents is 1. The minimum atomic E-state index is -1.50. The maximum absolute atomic E-state index is 11.5. The van der Waals surface area contributed by atoms with Crippen molar-refractivity contribution in [2.75, 3.05) is 13.2 Å². The number of carbonyl (C=O) groups is 1. The van der Waals surface area contributed by atoms with E-state index in [0.29, 0.717) is 0 Å². The summed E-state index contributed by atoms with van der Waals surface area (Å²) in [6.45, 7) is 1.50. The van der Waals surface area contributed by atoms with Crippen LogP contribution >= 0.6 is 0 Å². The van der Waals surface area contributed by atoms with E-state index in [1.165, 1.54) is 12.1 Å². The Bertz CT molecular complexity index is 505. The van der Waals surface area contributed by atoms with Gasteiger partial charge in [-0.3, -0.25) is 10.1 Å². The maximum atomic E-state index is 11.5. The molecule has 0 aliphatic rings. The van der Waals surface area contributed by atoms with Crippen molar-refractivity contribution >= 4 is 11.7 Å². The maximum Gasteiger partial charge on any atom is 0.338 e. The number of rotatable bonds is 6. The van der Waals surface area contributed by atoms with Gasteiger partial charge in [0.05, 0.1) is 28.8 Å². The number of esters is 1. The van der Waals surface area contributed by atoms with Crippen LogP contribution in [0.15, 0.2) is 18.2 Å². The standard InChI is InChI=1S/C12H16N2O6/c1-2-20-12(17)7-3-4-8(9(5-7)14(18)19)11(16)10(15)6-13/h3-5,10-11,15-16H,2,6,13H2,1H3. The summed E-state index contributed by atoms with van der Waals surface area (Å²) in [4.78, 5) is 21.8. The molecule has 0 heterocycles. The summed E-state index contributed by atoms with van der Waals surface area (Å²) in [7, 11) is 0. The number of aliphatic hydroxyl groups is 2. The molecule has 1 aromatic rings. The second kappa shape index (κ2) is 6.94. The molecule has 1 rings (SSSR count). The van der Waals surface area contributed by atoms with Crippen LogP contribution in [0.4, 0.5) is 5.69 Å². The molecule has 8 nitrogen and oxygen atoms in total. The highest BCUT2D eigenvalue weighted by Gasteiger charge is 2.27. The average molecular weight is 284 g/mol. The highest BCUT2D eigenvalue weighted by Crippen LogP contribution is 2.28. The quantitative estimate of drug-likeness (QED) is 0.383. The van der Waals surface area contributed by atoms with Crippen molar-refractivity contribution in [3.63, 3.8) is 0 Å². The molecule has 2 atom stereocenters. The van der Waals surface area contributed by atoms with E-state index in [0.717, 1.165) is 6.07 Å². The van der Waals surface area contributed by atoms with Gasteiger partial charge in [0, 0.05) is 12.6 Å². The van der Waals surface area contributed by atoms with Gasteiger partial charge in [0.15, 0.2) is 0 Å². The highest BCUT2D eigenvalue weighted by molar-refractivity contribution is 5.90. The van der Waals surface area contributed by atoms with E-state index in [-0.39, 0.29) is 24.3 Å². The number of aliphatic hydroxyl groups excluding tert-OH is 2. The van der Waals surface area contributed by atoms with Crippen molar-refractivity contribution in [1.82, 2.24) is 0 Å². The minimum absolute atomic E-state index is 0.00302. The fourth-order valence-corrected chi connectivity index (χ4v) is 1.63. The molecule has 0 radical (unpaired) electrons. The van der Waals surface area contributed by atoms with E-state index in [2.05, 4.69) is 0 Å². The third-order valence-corrected chi connectivity index (χ3v) is 2.66. The summed E-state index contributed by atoms with van der Waals surface area (Å²) in [5, 5.41) is 30.3. The molecule has 0 saturated heterocycles. The van der Waals surface area contributed by atoms with E-state index < -0.39 is 28.8 Å². The van der Waals surface area contributed by atoms with Gasteiger partial charge in [0.1, 0.15) is 6.10 Å². The van der Waals surface area contributed by atoms with Crippen LogP contribution < -0.4 is 5.73 Å². The Morgan fingerprint density at radius 2 is 2.15 bits per heavy atom. The lowest BCUT2D eigenvalue weighted by atomic mass is 10.0. The van der Waals surface area contributed by atoms with E-state index in [9.17, 15) is 25.1 Å². The van der Waals surface area contributed by atoms with Gasteiger partial charge >= 0.3 is 5.97 Å². The number of ether oxygens (including phenoxy) is 1. The number of carbonyl (C=O) groups excluding carboxylic acids is 1. The minimum Gasteiger partial charge on any atom is -0.462 e. The lowest BCUT2D eigenvalue weighted by molar-refractivity contribution is -0.386. The Morgan fingerprint density at radius 3 is 2.65 bits per heavy atom. The molecule has 0 aliphatic carbocycles. The fourth-order valence-electron chi connectivity index (χ4n) is 1.63. The molecule has 0 saturated carbocycles. The smallest absolute Gasteiger partial charge is 0.338 e. The van der Waals surface area contributed by atoms with E-state index in [4.69, 9.17) is 10.5 Å². The average Bonchev–Trinajstić information content (AvgIpc) is 2.45. The van der Waals surface area contributed by atoms with Gasteiger partial charge < -0.3 is 20.7 Å². The van der Waals surface area contributed by atoms with Gasteiger partial charge in [0.2, 0.25) is 0 Å². The van der Waals surface area contributed by atoms with Gasteiger partial charge in [-0.2, -0.15) is 0 Å². The molecule has 20 heavy (non-hydrogen) atoms. The predicted octanol–water partition coefficient (Wildman–Crippen LogP) is 0.125. The topological polar surface area (TPSA) is 136 Å². The Hall–Kier alpha value is -2.03. The Kier molecular flexibility index (Phi) is 5.56. The molecule has 0 bridgehead atoms. The Morgan fingerprint density at radius 1 is 1.50 bits per heavy atom. The number of hydrogen-bond acceptors (Lipinski definition) is 7. The summed E-state index contributed by atoms with van der Waals surface area (Å²) in [6.07, 6.45) is -2.83. The zero-order valence-corrected chi connectivity index (χ0v) is 10.9. The number of hydrogen-bond donors (Lipinski definition) is 3. The number of nitro groups is 1. The second-order valence-corrected chi connectivity index (χ2v) is 4.00. The van der Waals surface area contributed by atoms with E-state index in [1.54, 1.807) is 6.92 Å². The molecule has 0 spiro atoms. The first-order chi connectivity index (χ1) is 9.42. The molecule has 0 amide bonds. The molecule has 0 aliphatic heterocycles. The Balaban J connectivity index is 3.21. The van der Waals surface area contributed by atoms with Crippen molar-refractivity contribution in [3.8, 4) is 0 Å². The first-order valence-corrected chi connectivity index (χ1v) is 5.94. The molecule has 0 aromatic heterocycles. The molecule has 110 valence electrons. The van der Waals surface area contributed by atoms with Gasteiger partial charge in [-0.05, 0) is 19.1 Å². The van der Waals surface area contributed by atoms with Crippen LogP contribution in [-0.4, -0.2) is 40.4 Å². The lowest BCUT2D eigenvalue weighted by Crippen LogP contribution is -2.27. The molecule has 0 fully saturated rings. The van der Waals surface area contributed by atoms with Crippen LogP contribution in [0, 0.1) is 10.1 Å². The molecular formula is C12H16N2O6. The summed E-state index contributed by atoms with van der Waals surface area (Å²) in [5.74, 6) is -0.698. The van der Waals surface area contributed by atoms with Crippen LogP contribution in [0.2, 0.25) is 0 Å². The summed E-state index contributed by atoms with van der Waals surface area (Å²) < 4.78 is 4.74. The van der Waals surface area contributed by atoms with E-state index >= 15 is 0 Å². The van der Waals surface area contributed by atoms with Crippen molar-refractivity contribution < 1.29 is 24.7 Å². The summed E-state index contributed by atoms with van der Waals surface area (Å²) in [5.41, 5.74) is 4.61. The zero-order chi connectivity index (χ0) is 15.3. The second-order valence-electron chi connectivity index (χ2n) is 4.00. The predicted molar refractivity (Wildman–Crippen MR) is 69.1 cm³/mol. The first kappa shape index (κ1) is 16.0. The van der Waals surface area contributed by atoms with Gasteiger partial charge in [0.25, 0.3) is 5.69 Å². The van der Waals surface area contributed by atoms with Crippen molar-refractivity contribution in [1.29, 1.82) is 0 Å².